The molecule has 6 heteroatoms. The zero-order valence-corrected chi connectivity index (χ0v) is 16.6. The third-order valence-electron chi connectivity index (χ3n) is 5.07. The Hall–Kier alpha value is -2.34. The Kier molecular flexibility index (Phi) is 7.27. The van der Waals surface area contributed by atoms with Crippen molar-refractivity contribution in [1.29, 1.82) is 0 Å². The average Bonchev–Trinajstić information content (AvgIpc) is 3.36. The molecule has 146 valence electrons. The monoisotopic (exact) mass is 368 g/mol. The Labute approximate surface area is 162 Å². The van der Waals surface area contributed by atoms with E-state index in [2.05, 4.69) is 52.8 Å². The van der Waals surface area contributed by atoms with Crippen LogP contribution in [0.3, 0.4) is 0 Å². The van der Waals surface area contributed by atoms with Crippen molar-refractivity contribution in [2.45, 2.75) is 39.2 Å². The zero-order chi connectivity index (χ0) is 18.9. The molecule has 1 fully saturated rings. The first kappa shape index (κ1) is 19.4. The number of guanidine groups is 1. The fourth-order valence-electron chi connectivity index (χ4n) is 3.59. The van der Waals surface area contributed by atoms with Gasteiger partial charge in [0.2, 0.25) is 0 Å². The zero-order valence-electron chi connectivity index (χ0n) is 16.6. The maximum atomic E-state index is 4.81. The molecule has 0 amide bonds. The molecule has 27 heavy (non-hydrogen) atoms. The van der Waals surface area contributed by atoms with Crippen LogP contribution in [0.4, 0.5) is 0 Å². The van der Waals surface area contributed by atoms with Gasteiger partial charge in [-0.15, -0.1) is 0 Å². The van der Waals surface area contributed by atoms with Crippen molar-refractivity contribution in [1.82, 2.24) is 25.3 Å². The highest BCUT2D eigenvalue weighted by Crippen LogP contribution is 2.16. The number of aliphatic imine (C=N–C) groups is 1. The predicted octanol–water partition coefficient (Wildman–Crippen LogP) is 2.45. The van der Waals surface area contributed by atoms with Gasteiger partial charge in [0, 0.05) is 25.3 Å². The molecule has 1 aromatic heterocycles. The summed E-state index contributed by atoms with van der Waals surface area (Å²) < 4.78 is 1.92. The minimum absolute atomic E-state index is 0.592. The van der Waals surface area contributed by atoms with Crippen LogP contribution in [0.5, 0.6) is 0 Å². The molecule has 1 saturated heterocycles. The standard InChI is InChI=1S/C21H32N6/c1-3-22-21(24-16-20-11-8-14-26(20)4-2)23-13-12-18-15-25-27(17-18)19-9-6-5-7-10-19/h5-7,9-10,15,17,20H,3-4,8,11-14,16H2,1-2H3,(H2,22,23,24). The van der Waals surface area contributed by atoms with Gasteiger partial charge in [0.05, 0.1) is 18.4 Å². The van der Waals surface area contributed by atoms with Crippen molar-refractivity contribution < 1.29 is 0 Å². The van der Waals surface area contributed by atoms with E-state index in [9.17, 15) is 0 Å². The Morgan fingerprint density at radius 2 is 2.07 bits per heavy atom. The van der Waals surface area contributed by atoms with E-state index in [0.717, 1.165) is 44.2 Å². The fourth-order valence-corrected chi connectivity index (χ4v) is 3.59. The average molecular weight is 369 g/mol. The molecule has 0 radical (unpaired) electrons. The molecule has 2 heterocycles. The van der Waals surface area contributed by atoms with Gasteiger partial charge in [-0.25, -0.2) is 4.68 Å². The van der Waals surface area contributed by atoms with E-state index in [1.54, 1.807) is 0 Å². The van der Waals surface area contributed by atoms with Crippen LogP contribution in [0, 0.1) is 0 Å². The normalized spacial score (nSPS) is 18.0. The highest BCUT2D eigenvalue weighted by molar-refractivity contribution is 5.79. The second-order valence-electron chi connectivity index (χ2n) is 6.95. The molecule has 3 rings (SSSR count). The first-order valence-electron chi connectivity index (χ1n) is 10.1. The van der Waals surface area contributed by atoms with E-state index in [4.69, 9.17) is 4.99 Å². The van der Waals surface area contributed by atoms with Gasteiger partial charge in [0.25, 0.3) is 0 Å². The summed E-state index contributed by atoms with van der Waals surface area (Å²) in [5.41, 5.74) is 2.30. The minimum atomic E-state index is 0.592. The topological polar surface area (TPSA) is 57.5 Å². The Bertz CT molecular complexity index is 708. The van der Waals surface area contributed by atoms with Crippen LogP contribution < -0.4 is 10.6 Å². The van der Waals surface area contributed by atoms with Crippen LogP contribution in [0.1, 0.15) is 32.3 Å². The lowest BCUT2D eigenvalue weighted by Gasteiger charge is -2.21. The van der Waals surface area contributed by atoms with Crippen molar-refractivity contribution in [3.8, 4) is 5.69 Å². The molecule has 0 saturated carbocycles. The maximum absolute atomic E-state index is 4.81. The number of rotatable bonds is 8. The highest BCUT2D eigenvalue weighted by atomic mass is 15.3. The van der Waals surface area contributed by atoms with Crippen LogP contribution in [-0.4, -0.2) is 59.4 Å². The molecule has 0 spiro atoms. The highest BCUT2D eigenvalue weighted by Gasteiger charge is 2.22. The van der Waals surface area contributed by atoms with E-state index in [1.807, 2.05) is 29.1 Å². The molecule has 2 N–H and O–H groups in total. The van der Waals surface area contributed by atoms with Gasteiger partial charge in [-0.1, -0.05) is 25.1 Å². The lowest BCUT2D eigenvalue weighted by Crippen LogP contribution is -2.40. The van der Waals surface area contributed by atoms with Gasteiger partial charge >= 0.3 is 0 Å². The minimum Gasteiger partial charge on any atom is -0.357 e. The van der Waals surface area contributed by atoms with Crippen molar-refractivity contribution in [3.05, 3.63) is 48.3 Å². The van der Waals surface area contributed by atoms with Gasteiger partial charge in [-0.2, -0.15) is 5.10 Å². The van der Waals surface area contributed by atoms with Crippen molar-refractivity contribution in [3.63, 3.8) is 0 Å². The first-order valence-corrected chi connectivity index (χ1v) is 10.1. The van der Waals surface area contributed by atoms with Gasteiger partial charge in [-0.3, -0.25) is 9.89 Å². The van der Waals surface area contributed by atoms with Crippen LogP contribution >= 0.6 is 0 Å². The largest absolute Gasteiger partial charge is 0.357 e. The predicted molar refractivity (Wildman–Crippen MR) is 112 cm³/mol. The fraction of sp³-hybridized carbons (Fsp3) is 0.524. The number of nitrogens with one attached hydrogen (secondary N) is 2. The van der Waals surface area contributed by atoms with Crippen molar-refractivity contribution >= 4 is 5.96 Å². The molecule has 2 aromatic rings. The van der Waals surface area contributed by atoms with Gasteiger partial charge in [-0.05, 0) is 57.0 Å². The van der Waals surface area contributed by atoms with Crippen LogP contribution in [0.2, 0.25) is 0 Å². The number of likely N-dealkylation sites (tertiary alicyclic amines) is 1. The number of likely N-dealkylation sites (N-methyl/N-ethyl adjacent to an activating group) is 1. The molecule has 6 nitrogen and oxygen atoms in total. The number of benzene rings is 1. The summed E-state index contributed by atoms with van der Waals surface area (Å²) in [6.07, 6.45) is 7.51. The third-order valence-corrected chi connectivity index (χ3v) is 5.07. The molecule has 1 atom stereocenters. The second kappa shape index (κ2) is 10.1. The van der Waals surface area contributed by atoms with Crippen LogP contribution in [-0.2, 0) is 6.42 Å². The molecular formula is C21H32N6. The Morgan fingerprint density at radius 1 is 1.22 bits per heavy atom. The van der Waals surface area contributed by atoms with Crippen molar-refractivity contribution in [2.24, 2.45) is 4.99 Å². The maximum Gasteiger partial charge on any atom is 0.191 e. The number of nitrogens with zero attached hydrogens (tertiary/aromatic N) is 4. The lowest BCUT2D eigenvalue weighted by atomic mass is 10.2. The number of para-hydroxylation sites is 1. The summed E-state index contributed by atoms with van der Waals surface area (Å²) in [5.74, 6) is 0.913. The molecule has 1 aromatic carbocycles. The molecule has 0 bridgehead atoms. The molecule has 1 aliphatic heterocycles. The van der Waals surface area contributed by atoms with Gasteiger partial charge in [0.1, 0.15) is 0 Å². The first-order chi connectivity index (χ1) is 13.3. The van der Waals surface area contributed by atoms with E-state index in [1.165, 1.54) is 24.9 Å². The lowest BCUT2D eigenvalue weighted by molar-refractivity contribution is 0.273. The summed E-state index contributed by atoms with van der Waals surface area (Å²) in [5, 5.41) is 11.3. The van der Waals surface area contributed by atoms with Crippen molar-refractivity contribution in [2.75, 3.05) is 32.7 Å². The number of aromatic nitrogens is 2. The summed E-state index contributed by atoms with van der Waals surface area (Å²) >= 11 is 0. The Balaban J connectivity index is 1.49. The quantitative estimate of drug-likeness (QED) is 0.555. The van der Waals surface area contributed by atoms with E-state index in [-0.39, 0.29) is 0 Å². The second-order valence-corrected chi connectivity index (χ2v) is 6.95. The third kappa shape index (κ3) is 5.57. The molecule has 1 unspecified atom stereocenters. The van der Waals surface area contributed by atoms with E-state index >= 15 is 0 Å². The number of hydrogen-bond acceptors (Lipinski definition) is 3. The smallest absolute Gasteiger partial charge is 0.191 e. The van der Waals surface area contributed by atoms with Gasteiger partial charge < -0.3 is 10.6 Å². The van der Waals surface area contributed by atoms with Crippen LogP contribution in [0.25, 0.3) is 5.69 Å². The summed E-state index contributed by atoms with van der Waals surface area (Å²) in [6.45, 7) is 9.27. The summed E-state index contributed by atoms with van der Waals surface area (Å²) in [6, 6.07) is 10.8. The molecular weight excluding hydrogens is 336 g/mol. The number of hydrogen-bond donors (Lipinski definition) is 2. The van der Waals surface area contributed by atoms with E-state index < -0.39 is 0 Å². The molecule has 0 aliphatic carbocycles. The Morgan fingerprint density at radius 3 is 2.85 bits per heavy atom. The summed E-state index contributed by atoms with van der Waals surface area (Å²) in [7, 11) is 0. The van der Waals surface area contributed by atoms with E-state index in [0.29, 0.717) is 6.04 Å². The molecule has 1 aliphatic rings. The summed E-state index contributed by atoms with van der Waals surface area (Å²) in [4.78, 5) is 7.34. The van der Waals surface area contributed by atoms with Gasteiger partial charge in [0.15, 0.2) is 5.96 Å². The van der Waals surface area contributed by atoms with Crippen LogP contribution in [0.15, 0.2) is 47.7 Å². The SMILES string of the molecule is CCNC(=NCC1CCCN1CC)NCCc1cnn(-c2ccccc2)c1.